The number of hydrogen-bond donors (Lipinski definition) is 0. The van der Waals surface area contributed by atoms with Crippen LogP contribution in [0.5, 0.6) is 0 Å². The van der Waals surface area contributed by atoms with Gasteiger partial charge in [0.05, 0.1) is 6.01 Å². The van der Waals surface area contributed by atoms with Crippen molar-refractivity contribution in [3.05, 3.63) is 0 Å². The van der Waals surface area contributed by atoms with Crippen LogP contribution in [0.4, 0.5) is 0 Å². The highest BCUT2D eigenvalue weighted by atomic mass is 15.2. The summed E-state index contributed by atoms with van der Waals surface area (Å²) in [5.41, 5.74) is 0. The van der Waals surface area contributed by atoms with Crippen molar-refractivity contribution in [2.75, 3.05) is 27.2 Å². The van der Waals surface area contributed by atoms with E-state index < -0.39 is 0 Å². The number of nitrogens with zero attached hydrogens (tertiary/aromatic N) is 4. The first kappa shape index (κ1) is 18.3. The molecule has 0 aromatic carbocycles. The molecule has 4 nitrogen and oxygen atoms in total. The molecular formula is C15H32N4. The van der Waals surface area contributed by atoms with Gasteiger partial charge in [-0.3, -0.25) is 9.80 Å². The fourth-order valence-electron chi connectivity index (χ4n) is 2.17. The quantitative estimate of drug-likeness (QED) is 0.569. The zero-order valence-corrected chi connectivity index (χ0v) is 13.7. The summed E-state index contributed by atoms with van der Waals surface area (Å²) >= 11 is 0. The molecule has 0 aliphatic rings. The first-order valence-corrected chi connectivity index (χ1v) is 7.65. The van der Waals surface area contributed by atoms with E-state index >= 15 is 0 Å². The third-order valence-corrected chi connectivity index (χ3v) is 3.31. The van der Waals surface area contributed by atoms with Gasteiger partial charge in [-0.1, -0.05) is 27.7 Å². The van der Waals surface area contributed by atoms with E-state index in [1.54, 1.807) is 0 Å². The van der Waals surface area contributed by atoms with Crippen LogP contribution >= 0.6 is 0 Å². The minimum Gasteiger partial charge on any atom is -0.284 e. The maximum atomic E-state index is 4.47. The molecular weight excluding hydrogens is 236 g/mol. The molecule has 0 spiro atoms. The Bertz CT molecular complexity index is 247. The summed E-state index contributed by atoms with van der Waals surface area (Å²) in [4.78, 5) is 13.5. The second-order valence-corrected chi connectivity index (χ2v) is 5.10. The second kappa shape index (κ2) is 11.2. The SMILES string of the molecule is CCCN(C)C(CC)N=C=NC(CC)N(C)CCC. The number of rotatable bonds is 10. The molecule has 2 unspecified atom stereocenters. The van der Waals surface area contributed by atoms with E-state index in [0.29, 0.717) is 0 Å². The molecule has 0 fully saturated rings. The molecule has 0 saturated heterocycles. The Labute approximate surface area is 119 Å². The van der Waals surface area contributed by atoms with Crippen molar-refractivity contribution in [2.24, 2.45) is 9.98 Å². The lowest BCUT2D eigenvalue weighted by molar-refractivity contribution is 0.239. The minimum atomic E-state index is 0.206. The van der Waals surface area contributed by atoms with E-state index in [9.17, 15) is 0 Å². The Balaban J connectivity index is 4.57. The molecule has 0 aliphatic carbocycles. The fourth-order valence-corrected chi connectivity index (χ4v) is 2.17. The Morgan fingerprint density at radius 2 is 1.16 bits per heavy atom. The van der Waals surface area contributed by atoms with Crippen molar-refractivity contribution >= 4 is 6.01 Å². The first-order valence-electron chi connectivity index (χ1n) is 7.65. The van der Waals surface area contributed by atoms with Gasteiger partial charge in [0.25, 0.3) is 0 Å². The first-order chi connectivity index (χ1) is 9.10. The zero-order valence-electron chi connectivity index (χ0n) is 13.7. The van der Waals surface area contributed by atoms with Gasteiger partial charge >= 0.3 is 0 Å². The molecule has 0 heterocycles. The van der Waals surface area contributed by atoms with E-state index in [-0.39, 0.29) is 12.3 Å². The summed E-state index contributed by atoms with van der Waals surface area (Å²) in [6.07, 6.45) is 4.71. The topological polar surface area (TPSA) is 31.2 Å². The summed E-state index contributed by atoms with van der Waals surface area (Å²) in [7, 11) is 4.23. The lowest BCUT2D eigenvalue weighted by Gasteiger charge is -2.22. The van der Waals surface area contributed by atoms with E-state index in [0.717, 1.165) is 38.8 Å². The van der Waals surface area contributed by atoms with Crippen LogP contribution in [0.1, 0.15) is 53.4 Å². The van der Waals surface area contributed by atoms with Gasteiger partial charge in [0.2, 0.25) is 0 Å². The lowest BCUT2D eigenvalue weighted by Crippen LogP contribution is -2.31. The van der Waals surface area contributed by atoms with Crippen molar-refractivity contribution in [1.82, 2.24) is 9.80 Å². The van der Waals surface area contributed by atoms with Gasteiger partial charge in [0, 0.05) is 0 Å². The monoisotopic (exact) mass is 268 g/mol. The molecule has 0 saturated carbocycles. The van der Waals surface area contributed by atoms with Gasteiger partial charge in [-0.05, 0) is 52.9 Å². The van der Waals surface area contributed by atoms with Crippen molar-refractivity contribution in [3.8, 4) is 0 Å². The molecule has 112 valence electrons. The largest absolute Gasteiger partial charge is 0.284 e. The molecule has 0 N–H and O–H groups in total. The molecule has 0 radical (unpaired) electrons. The standard InChI is InChI=1S/C15H32N4/c1-7-11-18(5)14(9-3)16-13-17-15(10-4)19(6)12-8-2/h14-15H,7-12H2,1-6H3. The smallest absolute Gasteiger partial charge is 0.112 e. The average Bonchev–Trinajstić information content (AvgIpc) is 2.39. The van der Waals surface area contributed by atoms with Gasteiger partial charge in [-0.15, -0.1) is 0 Å². The lowest BCUT2D eigenvalue weighted by atomic mass is 10.3. The van der Waals surface area contributed by atoms with Crippen LogP contribution in [0.25, 0.3) is 0 Å². The van der Waals surface area contributed by atoms with Crippen LogP contribution < -0.4 is 0 Å². The highest BCUT2D eigenvalue weighted by molar-refractivity contribution is 5.41. The Kier molecular flexibility index (Phi) is 10.7. The molecule has 19 heavy (non-hydrogen) atoms. The third-order valence-electron chi connectivity index (χ3n) is 3.31. The molecule has 2 atom stereocenters. The predicted octanol–water partition coefficient (Wildman–Crippen LogP) is 3.32. The summed E-state index contributed by atoms with van der Waals surface area (Å²) in [6, 6.07) is 2.93. The normalized spacial score (nSPS) is 14.3. The highest BCUT2D eigenvalue weighted by Gasteiger charge is 2.10. The van der Waals surface area contributed by atoms with Crippen LogP contribution in [-0.4, -0.2) is 55.3 Å². The molecule has 0 aromatic heterocycles. The van der Waals surface area contributed by atoms with Gasteiger partial charge < -0.3 is 0 Å². The van der Waals surface area contributed by atoms with E-state index in [2.05, 4.69) is 67.6 Å². The molecule has 0 bridgehead atoms. The minimum absolute atomic E-state index is 0.206. The molecule has 0 aliphatic heterocycles. The summed E-state index contributed by atoms with van der Waals surface area (Å²) in [6.45, 7) is 10.8. The second-order valence-electron chi connectivity index (χ2n) is 5.10. The average molecular weight is 268 g/mol. The zero-order chi connectivity index (χ0) is 14.7. The Morgan fingerprint density at radius 3 is 1.42 bits per heavy atom. The summed E-state index contributed by atoms with van der Waals surface area (Å²) < 4.78 is 0. The van der Waals surface area contributed by atoms with E-state index in [4.69, 9.17) is 0 Å². The summed E-state index contributed by atoms with van der Waals surface area (Å²) in [5, 5.41) is 0. The molecule has 0 amide bonds. The van der Waals surface area contributed by atoms with Crippen LogP contribution in [0, 0.1) is 0 Å². The van der Waals surface area contributed by atoms with Crippen LogP contribution in [-0.2, 0) is 0 Å². The van der Waals surface area contributed by atoms with Gasteiger partial charge in [0.15, 0.2) is 0 Å². The highest BCUT2D eigenvalue weighted by Crippen LogP contribution is 2.05. The summed E-state index contributed by atoms with van der Waals surface area (Å²) in [5.74, 6) is 0. The van der Waals surface area contributed by atoms with Crippen molar-refractivity contribution in [1.29, 1.82) is 0 Å². The fraction of sp³-hybridized carbons (Fsp3) is 0.933. The number of hydrogen-bond acceptors (Lipinski definition) is 4. The van der Waals surface area contributed by atoms with Crippen LogP contribution in [0.3, 0.4) is 0 Å². The van der Waals surface area contributed by atoms with E-state index in [1.165, 1.54) is 0 Å². The van der Waals surface area contributed by atoms with Crippen LogP contribution in [0.15, 0.2) is 9.98 Å². The van der Waals surface area contributed by atoms with Gasteiger partial charge in [-0.2, -0.15) is 0 Å². The molecule has 4 heteroatoms. The van der Waals surface area contributed by atoms with Crippen molar-refractivity contribution in [2.45, 2.75) is 65.7 Å². The van der Waals surface area contributed by atoms with Crippen molar-refractivity contribution < 1.29 is 0 Å². The Morgan fingerprint density at radius 1 is 0.789 bits per heavy atom. The van der Waals surface area contributed by atoms with E-state index in [1.807, 2.05) is 0 Å². The number of aliphatic imine (C=N–C) groups is 2. The van der Waals surface area contributed by atoms with Gasteiger partial charge in [0.1, 0.15) is 12.3 Å². The van der Waals surface area contributed by atoms with Crippen molar-refractivity contribution in [3.63, 3.8) is 0 Å². The molecule has 0 aromatic rings. The maximum Gasteiger partial charge on any atom is 0.112 e. The Hall–Kier alpha value is -0.700. The van der Waals surface area contributed by atoms with Gasteiger partial charge in [-0.25, -0.2) is 9.98 Å². The molecule has 0 rings (SSSR count). The maximum absolute atomic E-state index is 4.47. The third kappa shape index (κ3) is 7.46. The predicted molar refractivity (Wildman–Crippen MR) is 83.9 cm³/mol. The van der Waals surface area contributed by atoms with Crippen LogP contribution in [0.2, 0.25) is 0 Å².